The number of hydrogen-bond donors (Lipinski definition) is 0. The summed E-state index contributed by atoms with van der Waals surface area (Å²) in [4.78, 5) is 23.5. The molecule has 78 valence electrons. The molecule has 2 rings (SSSR count). The van der Waals surface area contributed by atoms with Gasteiger partial charge in [0.1, 0.15) is 17.5 Å². The number of rotatable bonds is 1. The van der Waals surface area contributed by atoms with Crippen molar-refractivity contribution in [3.63, 3.8) is 0 Å². The fourth-order valence-electron chi connectivity index (χ4n) is 2.16. The van der Waals surface area contributed by atoms with Gasteiger partial charge in [-0.05, 0) is 24.5 Å². The Kier molecular flexibility index (Phi) is 2.67. The van der Waals surface area contributed by atoms with Gasteiger partial charge in [0.15, 0.2) is 0 Å². The summed E-state index contributed by atoms with van der Waals surface area (Å²) in [7, 11) is 0. The van der Waals surface area contributed by atoms with Gasteiger partial charge in [-0.25, -0.2) is 0 Å². The van der Waals surface area contributed by atoms with Gasteiger partial charge < -0.3 is 0 Å². The Morgan fingerprint density at radius 2 is 1.67 bits per heavy atom. The smallest absolute Gasteiger partial charge is 0.147 e. The van der Waals surface area contributed by atoms with Crippen molar-refractivity contribution >= 4 is 11.6 Å². The van der Waals surface area contributed by atoms with Crippen molar-refractivity contribution in [3.05, 3.63) is 35.4 Å². The molecule has 1 aromatic carbocycles. The van der Waals surface area contributed by atoms with Gasteiger partial charge in [0.2, 0.25) is 0 Å². The molecule has 1 aromatic rings. The summed E-state index contributed by atoms with van der Waals surface area (Å²) >= 11 is 0. The number of benzene rings is 1. The lowest BCUT2D eigenvalue weighted by Crippen LogP contribution is -2.27. The van der Waals surface area contributed by atoms with Crippen LogP contribution in [-0.4, -0.2) is 11.6 Å². The second-order valence-corrected chi connectivity index (χ2v) is 4.08. The van der Waals surface area contributed by atoms with Crippen molar-refractivity contribution in [2.75, 3.05) is 0 Å². The van der Waals surface area contributed by atoms with Crippen LogP contribution in [0.1, 0.15) is 36.3 Å². The summed E-state index contributed by atoms with van der Waals surface area (Å²) < 4.78 is 0. The molecule has 15 heavy (non-hydrogen) atoms. The first-order chi connectivity index (χ1) is 7.20. The van der Waals surface area contributed by atoms with E-state index >= 15 is 0 Å². The number of aryl methyl sites for hydroxylation is 1. The van der Waals surface area contributed by atoms with Gasteiger partial charge in [-0.15, -0.1) is 0 Å². The summed E-state index contributed by atoms with van der Waals surface area (Å²) in [6.07, 6.45) is 1.82. The van der Waals surface area contributed by atoms with E-state index in [0.717, 1.165) is 17.5 Å². The molecule has 0 N–H and O–H groups in total. The molecular weight excluding hydrogens is 188 g/mol. The minimum atomic E-state index is -0.486. The molecule has 0 spiro atoms. The fraction of sp³-hybridized carbons (Fsp3) is 0.385. The van der Waals surface area contributed by atoms with Crippen LogP contribution in [0.2, 0.25) is 0 Å². The third kappa shape index (κ3) is 1.84. The predicted molar refractivity (Wildman–Crippen MR) is 57.8 cm³/mol. The number of carbonyl (C=O) groups excluding carboxylic acids is 2. The highest BCUT2D eigenvalue weighted by molar-refractivity contribution is 6.09. The van der Waals surface area contributed by atoms with E-state index in [1.807, 2.05) is 31.2 Å². The Bertz CT molecular complexity index is 391. The number of ketones is 2. The Hall–Kier alpha value is -1.44. The zero-order valence-electron chi connectivity index (χ0n) is 8.82. The molecule has 2 nitrogen and oxygen atoms in total. The average Bonchev–Trinajstić information content (AvgIpc) is 2.20. The van der Waals surface area contributed by atoms with E-state index in [4.69, 9.17) is 0 Å². The first-order valence-corrected chi connectivity index (χ1v) is 5.31. The molecule has 0 aromatic heterocycles. The van der Waals surface area contributed by atoms with Crippen LogP contribution >= 0.6 is 0 Å². The zero-order chi connectivity index (χ0) is 10.8. The number of Topliss-reactive ketones (excluding diaryl/α,β-unsaturated/α-hetero) is 2. The van der Waals surface area contributed by atoms with Crippen molar-refractivity contribution in [1.82, 2.24) is 0 Å². The SMILES string of the molecule is Cc1ccccc1C1C(=O)CCCC1=O. The van der Waals surface area contributed by atoms with Crippen molar-refractivity contribution < 1.29 is 9.59 Å². The molecule has 0 unspecified atom stereocenters. The fourth-order valence-corrected chi connectivity index (χ4v) is 2.16. The summed E-state index contributed by atoms with van der Waals surface area (Å²) in [5.74, 6) is -0.318. The third-order valence-electron chi connectivity index (χ3n) is 2.99. The second kappa shape index (κ2) is 3.97. The van der Waals surface area contributed by atoms with Gasteiger partial charge in [-0.1, -0.05) is 24.3 Å². The van der Waals surface area contributed by atoms with Crippen molar-refractivity contribution in [2.45, 2.75) is 32.1 Å². The van der Waals surface area contributed by atoms with Crippen LogP contribution in [0.25, 0.3) is 0 Å². The first-order valence-electron chi connectivity index (χ1n) is 5.31. The molecule has 2 heteroatoms. The monoisotopic (exact) mass is 202 g/mol. The molecule has 0 saturated heterocycles. The molecule has 1 aliphatic carbocycles. The molecule has 1 saturated carbocycles. The molecule has 1 aliphatic rings. The minimum Gasteiger partial charge on any atom is -0.299 e. The van der Waals surface area contributed by atoms with Crippen LogP contribution in [0.4, 0.5) is 0 Å². The van der Waals surface area contributed by atoms with E-state index in [0.29, 0.717) is 12.8 Å². The Balaban J connectivity index is 2.40. The van der Waals surface area contributed by atoms with Crippen LogP contribution in [0.5, 0.6) is 0 Å². The lowest BCUT2D eigenvalue weighted by atomic mass is 9.80. The highest BCUT2D eigenvalue weighted by atomic mass is 16.2. The van der Waals surface area contributed by atoms with Gasteiger partial charge in [0.05, 0.1) is 0 Å². The van der Waals surface area contributed by atoms with Crippen molar-refractivity contribution in [2.24, 2.45) is 0 Å². The Labute approximate surface area is 89.3 Å². The molecular formula is C13H14O2. The molecule has 0 radical (unpaired) electrons. The zero-order valence-corrected chi connectivity index (χ0v) is 8.82. The van der Waals surface area contributed by atoms with Crippen LogP contribution in [0.15, 0.2) is 24.3 Å². The van der Waals surface area contributed by atoms with E-state index in [2.05, 4.69) is 0 Å². The lowest BCUT2D eigenvalue weighted by Gasteiger charge is -2.21. The van der Waals surface area contributed by atoms with E-state index in [-0.39, 0.29) is 11.6 Å². The van der Waals surface area contributed by atoms with Crippen LogP contribution in [-0.2, 0) is 9.59 Å². The van der Waals surface area contributed by atoms with Crippen LogP contribution in [0.3, 0.4) is 0 Å². The lowest BCUT2D eigenvalue weighted by molar-refractivity contribution is -0.131. The maximum Gasteiger partial charge on any atom is 0.147 e. The largest absolute Gasteiger partial charge is 0.299 e. The van der Waals surface area contributed by atoms with Gasteiger partial charge in [0, 0.05) is 12.8 Å². The molecule has 0 aliphatic heterocycles. The van der Waals surface area contributed by atoms with Gasteiger partial charge >= 0.3 is 0 Å². The second-order valence-electron chi connectivity index (χ2n) is 4.08. The summed E-state index contributed by atoms with van der Waals surface area (Å²) in [6, 6.07) is 7.65. The molecule has 0 atom stereocenters. The molecule has 0 bridgehead atoms. The summed E-state index contributed by atoms with van der Waals surface area (Å²) in [6.45, 7) is 1.95. The van der Waals surface area contributed by atoms with E-state index in [1.165, 1.54) is 0 Å². The standard InChI is InChI=1S/C13H14O2/c1-9-5-2-3-6-10(9)13-11(14)7-4-8-12(13)15/h2-3,5-6,13H,4,7-8H2,1H3. The van der Waals surface area contributed by atoms with Gasteiger partial charge in [-0.2, -0.15) is 0 Å². The molecule has 1 fully saturated rings. The van der Waals surface area contributed by atoms with Crippen molar-refractivity contribution in [1.29, 1.82) is 0 Å². The van der Waals surface area contributed by atoms with E-state index in [9.17, 15) is 9.59 Å². The Morgan fingerprint density at radius 1 is 1.07 bits per heavy atom. The third-order valence-corrected chi connectivity index (χ3v) is 2.99. The highest BCUT2D eigenvalue weighted by Gasteiger charge is 2.31. The van der Waals surface area contributed by atoms with Crippen LogP contribution in [0, 0.1) is 6.92 Å². The van der Waals surface area contributed by atoms with Gasteiger partial charge in [-0.3, -0.25) is 9.59 Å². The van der Waals surface area contributed by atoms with Crippen molar-refractivity contribution in [3.8, 4) is 0 Å². The van der Waals surface area contributed by atoms with E-state index < -0.39 is 5.92 Å². The molecule has 0 amide bonds. The maximum atomic E-state index is 11.7. The van der Waals surface area contributed by atoms with Crippen LogP contribution < -0.4 is 0 Å². The summed E-state index contributed by atoms with van der Waals surface area (Å²) in [5.41, 5.74) is 1.93. The molecule has 0 heterocycles. The quantitative estimate of drug-likeness (QED) is 0.655. The van der Waals surface area contributed by atoms with E-state index in [1.54, 1.807) is 0 Å². The topological polar surface area (TPSA) is 34.1 Å². The van der Waals surface area contributed by atoms with Gasteiger partial charge in [0.25, 0.3) is 0 Å². The maximum absolute atomic E-state index is 11.7. The number of hydrogen-bond acceptors (Lipinski definition) is 2. The Morgan fingerprint density at radius 3 is 2.27 bits per heavy atom. The summed E-state index contributed by atoms with van der Waals surface area (Å²) in [5, 5.41) is 0. The first kappa shape index (κ1) is 10.1. The average molecular weight is 202 g/mol. The number of carbonyl (C=O) groups is 2. The normalized spacial score (nSPS) is 18.2. The minimum absolute atomic E-state index is 0.0838. The predicted octanol–water partition coefficient (Wildman–Crippen LogP) is 2.40. The highest BCUT2D eigenvalue weighted by Crippen LogP contribution is 2.28.